The molecule has 0 aliphatic carbocycles. The fraction of sp³-hybridized carbons (Fsp3) is 0.667. The largest absolute Gasteiger partial charge is 0.450 e. The molecule has 0 saturated heterocycles. The van der Waals surface area contributed by atoms with Crippen molar-refractivity contribution < 1.29 is 31.5 Å². The summed E-state index contributed by atoms with van der Waals surface area (Å²) in [6, 6.07) is 0. The van der Waals surface area contributed by atoms with Crippen LogP contribution < -0.4 is 0 Å². The van der Waals surface area contributed by atoms with E-state index in [4.69, 9.17) is 0 Å². The zero-order valence-corrected chi connectivity index (χ0v) is 6.41. The van der Waals surface area contributed by atoms with Gasteiger partial charge in [0.25, 0.3) is 0 Å². The minimum Gasteiger partial charge on any atom is -0.292 e. The molecule has 0 aliphatic heterocycles. The standard InChI is InChI=1S/C6H5F5O2/c1-5(7,8)3(12)2-4(13)6(9,10)11/h2H2,1H3. The molecule has 0 amide bonds. The fourth-order valence-electron chi connectivity index (χ4n) is 0.401. The number of hydrogen-bond donors (Lipinski definition) is 0. The lowest BCUT2D eigenvalue weighted by atomic mass is 10.1. The average molecular weight is 204 g/mol. The Labute approximate surface area is 69.7 Å². The van der Waals surface area contributed by atoms with Crippen molar-refractivity contribution in [1.29, 1.82) is 0 Å². The number of rotatable bonds is 3. The van der Waals surface area contributed by atoms with Crippen molar-refractivity contribution >= 4 is 11.6 Å². The third-order valence-electron chi connectivity index (χ3n) is 1.13. The molecule has 0 aromatic carbocycles. The Bertz CT molecular complexity index is 200. The summed E-state index contributed by atoms with van der Waals surface area (Å²) in [6.07, 6.45) is -7.05. The van der Waals surface area contributed by atoms with E-state index in [1.807, 2.05) is 0 Å². The van der Waals surface area contributed by atoms with Crippen LogP contribution >= 0.6 is 0 Å². The lowest BCUT2D eigenvalue weighted by molar-refractivity contribution is -0.174. The Morgan fingerprint density at radius 3 is 1.62 bits per heavy atom. The Balaban J connectivity index is 4.34. The second-order valence-electron chi connectivity index (χ2n) is 2.41. The summed E-state index contributed by atoms with van der Waals surface area (Å²) in [5.74, 6) is -8.39. The maximum absolute atomic E-state index is 12.0. The van der Waals surface area contributed by atoms with Crippen LogP contribution in [0.4, 0.5) is 22.0 Å². The molecular formula is C6H5F5O2. The summed E-state index contributed by atoms with van der Waals surface area (Å²) in [5.41, 5.74) is 0. The third-order valence-corrected chi connectivity index (χ3v) is 1.13. The molecule has 0 aromatic heterocycles. The van der Waals surface area contributed by atoms with Crippen LogP contribution in [-0.4, -0.2) is 23.7 Å². The quantitative estimate of drug-likeness (QED) is 0.518. The van der Waals surface area contributed by atoms with Gasteiger partial charge in [0.15, 0.2) is 0 Å². The van der Waals surface area contributed by atoms with Gasteiger partial charge >= 0.3 is 12.1 Å². The van der Waals surface area contributed by atoms with Crippen molar-refractivity contribution in [3.05, 3.63) is 0 Å². The van der Waals surface area contributed by atoms with E-state index in [-0.39, 0.29) is 6.92 Å². The predicted molar refractivity (Wildman–Crippen MR) is 31.3 cm³/mol. The molecule has 0 rings (SSSR count). The minimum atomic E-state index is -5.24. The van der Waals surface area contributed by atoms with E-state index >= 15 is 0 Å². The summed E-state index contributed by atoms with van der Waals surface area (Å²) in [4.78, 5) is 20.3. The summed E-state index contributed by atoms with van der Waals surface area (Å²) in [6.45, 7) is 0.138. The number of carbonyl (C=O) groups excluding carboxylic acids is 2. The van der Waals surface area contributed by atoms with E-state index < -0.39 is 30.1 Å². The molecular weight excluding hydrogens is 199 g/mol. The first-order valence-corrected chi connectivity index (χ1v) is 3.06. The van der Waals surface area contributed by atoms with Gasteiger partial charge in [-0.3, -0.25) is 9.59 Å². The molecule has 0 aliphatic rings. The van der Waals surface area contributed by atoms with Gasteiger partial charge in [0, 0.05) is 6.92 Å². The lowest BCUT2D eigenvalue weighted by Gasteiger charge is -2.08. The normalized spacial score (nSPS) is 12.8. The molecule has 0 N–H and O–H groups in total. The van der Waals surface area contributed by atoms with Crippen molar-refractivity contribution in [3.63, 3.8) is 0 Å². The van der Waals surface area contributed by atoms with Crippen LogP contribution in [0, 0.1) is 0 Å². The van der Waals surface area contributed by atoms with Crippen molar-refractivity contribution in [2.24, 2.45) is 0 Å². The van der Waals surface area contributed by atoms with E-state index in [9.17, 15) is 31.5 Å². The predicted octanol–water partition coefficient (Wildman–Crippen LogP) is 1.73. The van der Waals surface area contributed by atoms with Gasteiger partial charge in [0.2, 0.25) is 11.6 Å². The topological polar surface area (TPSA) is 34.1 Å². The number of ketones is 2. The summed E-state index contributed by atoms with van der Waals surface area (Å²) in [5, 5.41) is 0. The molecule has 76 valence electrons. The van der Waals surface area contributed by atoms with E-state index in [2.05, 4.69) is 0 Å². The maximum atomic E-state index is 12.0. The first kappa shape index (κ1) is 12.0. The molecule has 0 aromatic rings. The zero-order valence-electron chi connectivity index (χ0n) is 6.41. The van der Waals surface area contributed by atoms with Gasteiger partial charge in [-0.25, -0.2) is 0 Å². The Kier molecular flexibility index (Phi) is 3.13. The van der Waals surface area contributed by atoms with E-state index in [0.717, 1.165) is 0 Å². The molecule has 0 atom stereocenters. The van der Waals surface area contributed by atoms with Gasteiger partial charge in [-0.1, -0.05) is 0 Å². The number of alkyl halides is 5. The minimum absolute atomic E-state index is 0.138. The number of carbonyl (C=O) groups is 2. The molecule has 0 fully saturated rings. The van der Waals surface area contributed by atoms with Crippen LogP contribution in [0.3, 0.4) is 0 Å². The van der Waals surface area contributed by atoms with Gasteiger partial charge in [-0.05, 0) is 0 Å². The molecule has 0 unspecified atom stereocenters. The number of halogens is 5. The summed E-state index contributed by atoms with van der Waals surface area (Å²) < 4.78 is 58.3. The van der Waals surface area contributed by atoms with Crippen molar-refractivity contribution in [2.45, 2.75) is 25.4 Å². The molecule has 0 saturated carbocycles. The first-order valence-electron chi connectivity index (χ1n) is 3.06. The van der Waals surface area contributed by atoms with Gasteiger partial charge < -0.3 is 0 Å². The highest BCUT2D eigenvalue weighted by atomic mass is 19.4. The second-order valence-corrected chi connectivity index (χ2v) is 2.41. The number of hydrogen-bond acceptors (Lipinski definition) is 2. The van der Waals surface area contributed by atoms with Crippen LogP contribution in [0.25, 0.3) is 0 Å². The number of Topliss-reactive ketones (excluding diaryl/α,β-unsaturated/α-hetero) is 2. The highest BCUT2D eigenvalue weighted by Crippen LogP contribution is 2.22. The molecule has 0 radical (unpaired) electrons. The summed E-state index contributed by atoms with van der Waals surface area (Å²) in [7, 11) is 0. The van der Waals surface area contributed by atoms with Crippen LogP contribution in [0.2, 0.25) is 0 Å². The fourth-order valence-corrected chi connectivity index (χ4v) is 0.401. The molecule has 13 heavy (non-hydrogen) atoms. The lowest BCUT2D eigenvalue weighted by Crippen LogP contribution is -2.32. The molecule has 0 heterocycles. The van der Waals surface area contributed by atoms with Crippen molar-refractivity contribution in [2.75, 3.05) is 0 Å². The average Bonchev–Trinajstić information content (AvgIpc) is 1.82. The van der Waals surface area contributed by atoms with Crippen LogP contribution in [0.15, 0.2) is 0 Å². The van der Waals surface area contributed by atoms with Crippen molar-refractivity contribution in [1.82, 2.24) is 0 Å². The van der Waals surface area contributed by atoms with Crippen LogP contribution in [-0.2, 0) is 9.59 Å². The van der Waals surface area contributed by atoms with Crippen LogP contribution in [0.5, 0.6) is 0 Å². The Hall–Kier alpha value is -1.01. The van der Waals surface area contributed by atoms with E-state index in [0.29, 0.717) is 0 Å². The zero-order chi connectivity index (χ0) is 10.9. The SMILES string of the molecule is CC(F)(F)C(=O)CC(=O)C(F)(F)F. The molecule has 2 nitrogen and oxygen atoms in total. The molecule has 0 spiro atoms. The van der Waals surface area contributed by atoms with Gasteiger partial charge in [0.1, 0.15) is 0 Å². The third kappa shape index (κ3) is 3.95. The summed E-state index contributed by atoms with van der Waals surface area (Å²) >= 11 is 0. The maximum Gasteiger partial charge on any atom is 0.450 e. The van der Waals surface area contributed by atoms with Gasteiger partial charge in [0.05, 0.1) is 6.42 Å². The molecule has 7 heteroatoms. The Morgan fingerprint density at radius 2 is 1.38 bits per heavy atom. The van der Waals surface area contributed by atoms with E-state index in [1.54, 1.807) is 0 Å². The smallest absolute Gasteiger partial charge is 0.292 e. The van der Waals surface area contributed by atoms with Crippen LogP contribution in [0.1, 0.15) is 13.3 Å². The van der Waals surface area contributed by atoms with Gasteiger partial charge in [-0.2, -0.15) is 22.0 Å². The second kappa shape index (κ2) is 3.39. The Morgan fingerprint density at radius 1 is 1.00 bits per heavy atom. The van der Waals surface area contributed by atoms with E-state index in [1.165, 1.54) is 0 Å². The highest BCUT2D eigenvalue weighted by Gasteiger charge is 2.43. The highest BCUT2D eigenvalue weighted by molar-refractivity contribution is 6.04. The van der Waals surface area contributed by atoms with Gasteiger partial charge in [-0.15, -0.1) is 0 Å². The van der Waals surface area contributed by atoms with Crippen molar-refractivity contribution in [3.8, 4) is 0 Å². The monoisotopic (exact) mass is 204 g/mol. The first-order chi connectivity index (χ1) is 5.55. The molecule has 0 bridgehead atoms.